The van der Waals surface area contributed by atoms with Gasteiger partial charge in [-0.3, -0.25) is 9.27 Å². The van der Waals surface area contributed by atoms with E-state index in [-0.39, 0.29) is 22.0 Å². The molecule has 0 saturated carbocycles. The molecule has 1 aromatic heterocycles. The van der Waals surface area contributed by atoms with Gasteiger partial charge in [0, 0.05) is 11.3 Å². The van der Waals surface area contributed by atoms with Crippen LogP contribution in [0.1, 0.15) is 0 Å². The van der Waals surface area contributed by atoms with Crippen molar-refractivity contribution in [3.05, 3.63) is 95.5 Å². The molecule has 0 aliphatic heterocycles. The third kappa shape index (κ3) is 4.98. The summed E-state index contributed by atoms with van der Waals surface area (Å²) in [5, 5.41) is 0. The molecule has 0 spiro atoms. The molecule has 0 unspecified atom stereocenters. The lowest BCUT2D eigenvalue weighted by molar-refractivity contribution is 0.483. The lowest BCUT2D eigenvalue weighted by atomic mass is 10.0. The van der Waals surface area contributed by atoms with Crippen LogP contribution >= 0.6 is 15.9 Å². The molecule has 5 rings (SSSR count). The number of anilines is 2. The summed E-state index contributed by atoms with van der Waals surface area (Å²) < 4.78 is 63.7. The smallest absolute Gasteiger partial charge is 0.295 e. The predicted octanol–water partition coefficient (Wildman–Crippen LogP) is 5.36. The molecule has 9 nitrogen and oxygen atoms in total. The van der Waals surface area contributed by atoms with Crippen molar-refractivity contribution >= 4 is 58.6 Å². The summed E-state index contributed by atoms with van der Waals surface area (Å²) in [4.78, 5) is 8.65. The second-order valence-corrected chi connectivity index (χ2v) is 12.1. The number of nitrogens with one attached hydrogen (secondary N) is 1. The van der Waals surface area contributed by atoms with E-state index in [9.17, 15) is 21.4 Å². The molecule has 0 fully saturated rings. The number of nitrogens with two attached hydrogens (primary N) is 1. The number of aromatic nitrogens is 2. The fourth-order valence-corrected chi connectivity index (χ4v) is 6.26. The SMILES string of the molecule is Nc1ccc(S(=O)(=O)Nc2nc3ccc(-c4ccccc4)c(Br)c3nc2-c2ccccc2S(=O)(=O)O)cc1. The van der Waals surface area contributed by atoms with Crippen molar-refractivity contribution in [2.24, 2.45) is 0 Å². The quantitative estimate of drug-likeness (QED) is 0.172. The van der Waals surface area contributed by atoms with E-state index in [1.165, 1.54) is 42.5 Å². The highest BCUT2D eigenvalue weighted by atomic mass is 79.9. The summed E-state index contributed by atoms with van der Waals surface area (Å²) in [6.07, 6.45) is 0. The molecule has 0 atom stereocenters. The van der Waals surface area contributed by atoms with Crippen LogP contribution < -0.4 is 10.5 Å². The topological polar surface area (TPSA) is 152 Å². The minimum atomic E-state index is -4.68. The molecule has 4 N–H and O–H groups in total. The number of sulfonamides is 1. The third-order valence-electron chi connectivity index (χ3n) is 5.70. The van der Waals surface area contributed by atoms with E-state index in [1.54, 1.807) is 12.1 Å². The average molecular weight is 611 g/mol. The Balaban J connectivity index is 1.77. The number of halogens is 1. The minimum absolute atomic E-state index is 0.0311. The van der Waals surface area contributed by atoms with Crippen LogP contribution in [0.3, 0.4) is 0 Å². The standard InChI is InChI=1S/C26H19BrN4O5S2/c27-23-19(16-6-2-1-3-7-16)14-15-21-25(23)30-24(20-8-4-5-9-22(20)38(34,35)36)26(29-21)31-37(32,33)18-12-10-17(28)11-13-18/h1-15H,28H2,(H,29,31)(H,34,35,36). The van der Waals surface area contributed by atoms with Gasteiger partial charge in [-0.15, -0.1) is 0 Å². The molecule has 0 bridgehead atoms. The van der Waals surface area contributed by atoms with Gasteiger partial charge in [-0.25, -0.2) is 18.4 Å². The maximum atomic E-state index is 13.2. The molecule has 192 valence electrons. The summed E-state index contributed by atoms with van der Waals surface area (Å²) in [7, 11) is -8.85. The fraction of sp³-hybridized carbons (Fsp3) is 0. The van der Waals surface area contributed by atoms with E-state index in [0.29, 0.717) is 21.2 Å². The molecule has 0 amide bonds. The summed E-state index contributed by atoms with van der Waals surface area (Å²) in [6.45, 7) is 0. The normalized spacial score (nSPS) is 11.9. The Morgan fingerprint density at radius 3 is 2.11 bits per heavy atom. The Morgan fingerprint density at radius 1 is 0.763 bits per heavy atom. The highest BCUT2D eigenvalue weighted by molar-refractivity contribution is 9.10. The molecule has 38 heavy (non-hydrogen) atoms. The largest absolute Gasteiger partial charge is 0.399 e. The van der Waals surface area contributed by atoms with Crippen molar-refractivity contribution in [1.29, 1.82) is 0 Å². The summed E-state index contributed by atoms with van der Waals surface area (Å²) in [5.74, 6) is -0.218. The van der Waals surface area contributed by atoms with Crippen LogP contribution in [-0.2, 0) is 20.1 Å². The Labute approximate surface area is 227 Å². The van der Waals surface area contributed by atoms with E-state index >= 15 is 0 Å². The fourth-order valence-electron chi connectivity index (χ4n) is 3.91. The first-order chi connectivity index (χ1) is 18.0. The molecule has 0 aliphatic rings. The van der Waals surface area contributed by atoms with Crippen LogP contribution in [-0.4, -0.2) is 31.4 Å². The molecule has 0 aliphatic carbocycles. The number of nitrogen functional groups attached to an aromatic ring is 1. The van der Waals surface area contributed by atoms with Gasteiger partial charge in [0.15, 0.2) is 5.82 Å². The second kappa shape index (κ2) is 9.80. The number of fused-ring (bicyclic) bond motifs is 1. The molecule has 4 aromatic carbocycles. The highest BCUT2D eigenvalue weighted by Crippen LogP contribution is 2.38. The van der Waals surface area contributed by atoms with Crippen LogP contribution in [0.25, 0.3) is 33.4 Å². The van der Waals surface area contributed by atoms with E-state index < -0.39 is 25.0 Å². The molecule has 12 heteroatoms. The Kier molecular flexibility index (Phi) is 6.65. The Bertz CT molecular complexity index is 1900. The van der Waals surface area contributed by atoms with Crippen LogP contribution in [0.5, 0.6) is 0 Å². The van der Waals surface area contributed by atoms with Gasteiger partial charge in [0.2, 0.25) is 0 Å². The van der Waals surface area contributed by atoms with Crippen LogP contribution in [0, 0.1) is 0 Å². The molecule has 0 radical (unpaired) electrons. The van der Waals surface area contributed by atoms with Crippen molar-refractivity contribution in [3.8, 4) is 22.4 Å². The third-order valence-corrected chi connectivity index (χ3v) is 8.77. The maximum absolute atomic E-state index is 13.2. The van der Waals surface area contributed by atoms with Gasteiger partial charge in [0.05, 0.1) is 14.9 Å². The first kappa shape index (κ1) is 25.8. The second-order valence-electron chi connectivity index (χ2n) is 8.23. The van der Waals surface area contributed by atoms with Crippen molar-refractivity contribution < 1.29 is 21.4 Å². The van der Waals surface area contributed by atoms with Gasteiger partial charge in [0.1, 0.15) is 16.1 Å². The van der Waals surface area contributed by atoms with Crippen molar-refractivity contribution in [1.82, 2.24) is 9.97 Å². The van der Waals surface area contributed by atoms with E-state index in [1.807, 2.05) is 36.4 Å². The van der Waals surface area contributed by atoms with Crippen LogP contribution in [0.15, 0.2) is 105 Å². The first-order valence-corrected chi connectivity index (χ1v) is 14.8. The Hall–Kier alpha value is -3.84. The lowest BCUT2D eigenvalue weighted by Gasteiger charge is -2.16. The van der Waals surface area contributed by atoms with Gasteiger partial charge in [-0.2, -0.15) is 8.42 Å². The zero-order valence-corrected chi connectivity index (χ0v) is 22.6. The Morgan fingerprint density at radius 2 is 1.42 bits per heavy atom. The number of hydrogen-bond acceptors (Lipinski definition) is 7. The number of hydrogen-bond donors (Lipinski definition) is 3. The van der Waals surface area contributed by atoms with Crippen molar-refractivity contribution in [2.45, 2.75) is 9.79 Å². The van der Waals surface area contributed by atoms with E-state index in [2.05, 4.69) is 30.6 Å². The van der Waals surface area contributed by atoms with Gasteiger partial charge in [-0.1, -0.05) is 54.6 Å². The monoisotopic (exact) mass is 610 g/mol. The van der Waals surface area contributed by atoms with Crippen molar-refractivity contribution in [2.75, 3.05) is 10.5 Å². The van der Waals surface area contributed by atoms with Gasteiger partial charge in [-0.05, 0) is 63.5 Å². The summed E-state index contributed by atoms with van der Waals surface area (Å²) in [5.41, 5.74) is 8.37. The van der Waals surface area contributed by atoms with E-state index in [0.717, 1.165) is 11.1 Å². The first-order valence-electron chi connectivity index (χ1n) is 11.1. The van der Waals surface area contributed by atoms with Crippen LogP contribution in [0.4, 0.5) is 11.5 Å². The molecule has 5 aromatic rings. The molecule has 0 saturated heterocycles. The number of benzene rings is 4. The van der Waals surface area contributed by atoms with Gasteiger partial charge >= 0.3 is 0 Å². The lowest BCUT2D eigenvalue weighted by Crippen LogP contribution is -2.16. The van der Waals surface area contributed by atoms with Crippen molar-refractivity contribution in [3.63, 3.8) is 0 Å². The molecular formula is C26H19BrN4O5S2. The summed E-state index contributed by atoms with van der Waals surface area (Å²) >= 11 is 3.59. The maximum Gasteiger partial charge on any atom is 0.295 e. The van der Waals surface area contributed by atoms with Gasteiger partial charge in [0.25, 0.3) is 20.1 Å². The molecular weight excluding hydrogens is 592 g/mol. The number of nitrogens with zero attached hydrogens (tertiary/aromatic N) is 2. The van der Waals surface area contributed by atoms with Crippen LogP contribution in [0.2, 0.25) is 0 Å². The average Bonchev–Trinajstić information content (AvgIpc) is 2.89. The van der Waals surface area contributed by atoms with Gasteiger partial charge < -0.3 is 5.73 Å². The molecule has 1 heterocycles. The highest BCUT2D eigenvalue weighted by Gasteiger charge is 2.25. The predicted molar refractivity (Wildman–Crippen MR) is 150 cm³/mol. The zero-order chi connectivity index (χ0) is 27.1. The summed E-state index contributed by atoms with van der Waals surface area (Å²) in [6, 6.07) is 24.2. The van der Waals surface area contributed by atoms with E-state index in [4.69, 9.17) is 5.73 Å². The number of rotatable bonds is 6. The zero-order valence-electron chi connectivity index (χ0n) is 19.4. The minimum Gasteiger partial charge on any atom is -0.399 e.